The molecule has 1 aromatic carbocycles. The first-order chi connectivity index (χ1) is 14.1. The topological polar surface area (TPSA) is 80.5 Å². The number of hydrogen-bond acceptors (Lipinski definition) is 7. The number of aromatic nitrogens is 2. The molecule has 2 aromatic heterocycles. The minimum atomic E-state index is -0.230. The van der Waals surface area contributed by atoms with Crippen LogP contribution in [0.3, 0.4) is 0 Å². The van der Waals surface area contributed by atoms with Gasteiger partial charge in [-0.2, -0.15) is 0 Å². The van der Waals surface area contributed by atoms with Crippen molar-refractivity contribution >= 4 is 22.7 Å². The lowest BCUT2D eigenvalue weighted by molar-refractivity contribution is -0.148. The maximum absolute atomic E-state index is 12.2. The normalized spacial score (nSPS) is 17.4. The number of ether oxygens (including phenoxy) is 1. The number of methoxy groups -OCH3 is 1. The van der Waals surface area contributed by atoms with E-state index in [0.29, 0.717) is 18.9 Å². The number of hydrogen-bond donors (Lipinski definition) is 1. The summed E-state index contributed by atoms with van der Waals surface area (Å²) >= 11 is 0. The number of rotatable bonds is 6. The summed E-state index contributed by atoms with van der Waals surface area (Å²) in [5.74, 6) is 3.02. The van der Waals surface area contributed by atoms with E-state index in [1.807, 2.05) is 43.3 Å². The zero-order chi connectivity index (χ0) is 20.2. The number of furan rings is 1. The van der Waals surface area contributed by atoms with Crippen LogP contribution < -0.4 is 5.32 Å². The molecule has 4 rings (SSSR count). The van der Waals surface area contributed by atoms with Gasteiger partial charge in [0.1, 0.15) is 29.2 Å². The fourth-order valence-electron chi connectivity index (χ4n) is 3.85. The third-order valence-corrected chi connectivity index (χ3v) is 5.31. The van der Waals surface area contributed by atoms with Gasteiger partial charge in [-0.1, -0.05) is 18.6 Å². The largest absolute Gasteiger partial charge is 0.468 e. The summed E-state index contributed by atoms with van der Waals surface area (Å²) in [5.41, 5.74) is 0.877. The molecule has 0 radical (unpaired) electrons. The quantitative estimate of drug-likeness (QED) is 0.639. The predicted molar refractivity (Wildman–Crippen MR) is 110 cm³/mol. The Hall–Kier alpha value is -2.93. The summed E-state index contributed by atoms with van der Waals surface area (Å²) in [6, 6.07) is 11.6. The van der Waals surface area contributed by atoms with Crippen LogP contribution in [0.4, 0.5) is 5.82 Å². The average Bonchev–Trinajstić information content (AvgIpc) is 3.17. The molecule has 1 atom stereocenters. The number of piperidine rings is 1. The highest BCUT2D eigenvalue weighted by atomic mass is 16.5. The van der Waals surface area contributed by atoms with Crippen LogP contribution in [0.15, 0.2) is 40.8 Å². The zero-order valence-corrected chi connectivity index (χ0v) is 16.9. The Morgan fingerprint density at radius 3 is 2.90 bits per heavy atom. The number of fused-ring (bicyclic) bond motifs is 1. The first kappa shape index (κ1) is 19.4. The lowest BCUT2D eigenvalue weighted by Crippen LogP contribution is -2.44. The number of carbonyl (C=O) groups excluding carboxylic acids is 1. The Bertz CT molecular complexity index is 1000. The van der Waals surface area contributed by atoms with Gasteiger partial charge < -0.3 is 14.5 Å². The highest BCUT2D eigenvalue weighted by molar-refractivity contribution is 5.89. The first-order valence-electron chi connectivity index (χ1n) is 10.0. The molecule has 0 bridgehead atoms. The van der Waals surface area contributed by atoms with Gasteiger partial charge >= 0.3 is 5.97 Å². The predicted octanol–water partition coefficient (Wildman–Crippen LogP) is 3.67. The van der Waals surface area contributed by atoms with Crippen molar-refractivity contribution in [1.82, 2.24) is 14.9 Å². The molecular formula is C22H26N4O3. The van der Waals surface area contributed by atoms with Crippen molar-refractivity contribution in [3.63, 3.8) is 0 Å². The van der Waals surface area contributed by atoms with E-state index in [9.17, 15) is 4.79 Å². The van der Waals surface area contributed by atoms with Crippen LogP contribution in [0.5, 0.6) is 0 Å². The molecule has 0 saturated carbocycles. The molecule has 1 aliphatic heterocycles. The summed E-state index contributed by atoms with van der Waals surface area (Å²) < 4.78 is 10.7. The molecule has 1 N–H and O–H groups in total. The Labute approximate surface area is 170 Å². The minimum Gasteiger partial charge on any atom is -0.468 e. The van der Waals surface area contributed by atoms with Crippen LogP contribution in [-0.2, 0) is 22.6 Å². The smallest absolute Gasteiger partial charge is 0.323 e. The first-order valence-corrected chi connectivity index (χ1v) is 10.0. The van der Waals surface area contributed by atoms with E-state index in [4.69, 9.17) is 19.1 Å². The summed E-state index contributed by atoms with van der Waals surface area (Å²) in [4.78, 5) is 23.8. The number of aryl methyl sites for hydroxylation is 1. The molecule has 1 saturated heterocycles. The summed E-state index contributed by atoms with van der Waals surface area (Å²) in [7, 11) is 1.44. The molecule has 1 fully saturated rings. The van der Waals surface area contributed by atoms with Crippen molar-refractivity contribution < 1.29 is 13.9 Å². The third-order valence-electron chi connectivity index (χ3n) is 5.31. The average molecular weight is 394 g/mol. The minimum absolute atomic E-state index is 0.183. The van der Waals surface area contributed by atoms with Crippen LogP contribution in [0.2, 0.25) is 0 Å². The second kappa shape index (κ2) is 8.61. The second-order valence-electron chi connectivity index (χ2n) is 7.38. The molecule has 3 aromatic rings. The van der Waals surface area contributed by atoms with E-state index < -0.39 is 0 Å². The molecule has 0 amide bonds. The summed E-state index contributed by atoms with van der Waals surface area (Å²) in [5, 5.41) is 4.35. The number of carbonyl (C=O) groups is 1. The number of nitrogens with zero attached hydrogens (tertiary/aromatic N) is 3. The Morgan fingerprint density at radius 1 is 1.24 bits per heavy atom. The van der Waals surface area contributed by atoms with E-state index in [1.165, 1.54) is 7.11 Å². The van der Waals surface area contributed by atoms with Gasteiger partial charge in [-0.15, -0.1) is 0 Å². The maximum atomic E-state index is 12.2. The molecule has 29 heavy (non-hydrogen) atoms. The SMILES string of the molecule is COC(=O)C1CCCCN1Cc1nc(NCc2ccc(C)o2)c2ccccc2n1. The fourth-order valence-corrected chi connectivity index (χ4v) is 3.85. The number of para-hydroxylation sites is 1. The van der Waals surface area contributed by atoms with Crippen LogP contribution in [0.1, 0.15) is 36.6 Å². The Balaban J connectivity index is 1.59. The second-order valence-corrected chi connectivity index (χ2v) is 7.38. The zero-order valence-electron chi connectivity index (χ0n) is 16.9. The lowest BCUT2D eigenvalue weighted by atomic mass is 10.0. The standard InChI is InChI=1S/C22H26N4O3/c1-15-10-11-16(29-15)13-23-21-17-7-3-4-8-18(17)24-20(25-21)14-26-12-6-5-9-19(26)22(27)28-2/h3-4,7-8,10-11,19H,5-6,9,12-14H2,1-2H3,(H,23,24,25). The van der Waals surface area contributed by atoms with E-state index >= 15 is 0 Å². The van der Waals surface area contributed by atoms with Gasteiger partial charge in [-0.05, 0) is 50.6 Å². The highest BCUT2D eigenvalue weighted by Gasteiger charge is 2.30. The number of nitrogens with one attached hydrogen (secondary N) is 1. The van der Waals surface area contributed by atoms with Crippen LogP contribution in [0, 0.1) is 6.92 Å². The Kier molecular flexibility index (Phi) is 5.76. The van der Waals surface area contributed by atoms with E-state index in [2.05, 4.69) is 10.2 Å². The van der Waals surface area contributed by atoms with Crippen LogP contribution in [-0.4, -0.2) is 40.5 Å². The number of likely N-dealkylation sites (tertiary alicyclic amines) is 1. The number of anilines is 1. The third kappa shape index (κ3) is 4.40. The van der Waals surface area contributed by atoms with Gasteiger partial charge in [0.15, 0.2) is 0 Å². The van der Waals surface area contributed by atoms with E-state index in [0.717, 1.165) is 54.0 Å². The number of esters is 1. The molecular weight excluding hydrogens is 368 g/mol. The van der Waals surface area contributed by atoms with Crippen LogP contribution in [0.25, 0.3) is 10.9 Å². The molecule has 0 spiro atoms. The molecule has 1 unspecified atom stereocenters. The fraction of sp³-hybridized carbons (Fsp3) is 0.409. The van der Waals surface area contributed by atoms with Crippen molar-refractivity contribution in [2.24, 2.45) is 0 Å². The van der Waals surface area contributed by atoms with Gasteiger partial charge in [0, 0.05) is 5.39 Å². The van der Waals surface area contributed by atoms with E-state index in [1.54, 1.807) is 0 Å². The van der Waals surface area contributed by atoms with Gasteiger partial charge in [-0.3, -0.25) is 9.69 Å². The molecule has 0 aliphatic carbocycles. The van der Waals surface area contributed by atoms with Gasteiger partial charge in [0.2, 0.25) is 0 Å². The lowest BCUT2D eigenvalue weighted by Gasteiger charge is -2.33. The number of benzene rings is 1. The van der Waals surface area contributed by atoms with Gasteiger partial charge in [-0.25, -0.2) is 9.97 Å². The molecule has 7 heteroatoms. The molecule has 152 valence electrons. The van der Waals surface area contributed by atoms with Gasteiger partial charge in [0.25, 0.3) is 0 Å². The van der Waals surface area contributed by atoms with Crippen LogP contribution >= 0.6 is 0 Å². The van der Waals surface area contributed by atoms with Crippen molar-refractivity contribution in [3.05, 3.63) is 53.7 Å². The summed E-state index contributed by atoms with van der Waals surface area (Å²) in [6.07, 6.45) is 2.90. The maximum Gasteiger partial charge on any atom is 0.323 e. The summed E-state index contributed by atoms with van der Waals surface area (Å²) in [6.45, 7) is 3.82. The Morgan fingerprint density at radius 2 is 2.10 bits per heavy atom. The monoisotopic (exact) mass is 394 g/mol. The van der Waals surface area contributed by atoms with E-state index in [-0.39, 0.29) is 12.0 Å². The van der Waals surface area contributed by atoms with Crippen molar-refractivity contribution in [2.45, 2.75) is 45.3 Å². The molecule has 7 nitrogen and oxygen atoms in total. The van der Waals surface area contributed by atoms with Crippen molar-refractivity contribution in [2.75, 3.05) is 19.0 Å². The van der Waals surface area contributed by atoms with Gasteiger partial charge in [0.05, 0.1) is 25.7 Å². The van der Waals surface area contributed by atoms with Crippen molar-refractivity contribution in [3.8, 4) is 0 Å². The molecule has 1 aliphatic rings. The van der Waals surface area contributed by atoms with Crippen molar-refractivity contribution in [1.29, 1.82) is 0 Å². The highest BCUT2D eigenvalue weighted by Crippen LogP contribution is 2.24. The molecule has 3 heterocycles.